The first kappa shape index (κ1) is 47.7. The molecule has 0 saturated carbocycles. The third kappa shape index (κ3) is 13.5. The van der Waals surface area contributed by atoms with Gasteiger partial charge < -0.3 is 4.57 Å². The fourth-order valence-electron chi connectivity index (χ4n) is 4.28. The summed E-state index contributed by atoms with van der Waals surface area (Å²) in [6.45, 7) is 15.7. The molecule has 0 unspecified atom stereocenters. The Morgan fingerprint density at radius 1 is 0.721 bits per heavy atom. The van der Waals surface area contributed by atoms with E-state index < -0.39 is 0 Å². The zero-order valence-electron chi connectivity index (χ0n) is 26.0. The summed E-state index contributed by atoms with van der Waals surface area (Å²) < 4.78 is 5.61. The molecule has 0 amide bonds. The van der Waals surface area contributed by atoms with Crippen LogP contribution >= 0.6 is 23.5 Å². The van der Waals surface area contributed by atoms with Crippen LogP contribution in [0.5, 0.6) is 0 Å². The molecule has 2 heterocycles. The predicted octanol–water partition coefficient (Wildman–Crippen LogP) is 10.3. The van der Waals surface area contributed by atoms with Crippen molar-refractivity contribution in [3.8, 4) is 11.4 Å². The van der Waals surface area contributed by atoms with Gasteiger partial charge in [-0.2, -0.15) is 0 Å². The van der Waals surface area contributed by atoms with Crippen molar-refractivity contribution in [2.45, 2.75) is 98.8 Å². The summed E-state index contributed by atoms with van der Waals surface area (Å²) in [6, 6.07) is 12.8. The van der Waals surface area contributed by atoms with Gasteiger partial charge in [0.1, 0.15) is 0 Å². The van der Waals surface area contributed by atoms with Crippen LogP contribution in [0.3, 0.4) is 0 Å². The maximum absolute atomic E-state index is 3.51. The summed E-state index contributed by atoms with van der Waals surface area (Å²) >= 11 is 4.56. The molecule has 0 saturated heterocycles. The van der Waals surface area contributed by atoms with Crippen molar-refractivity contribution >= 4 is 26.6 Å². The quantitative estimate of drug-likeness (QED) is 0.0678. The van der Waals surface area contributed by atoms with Crippen LogP contribution in [0.2, 0.25) is 0 Å². The van der Waals surface area contributed by atoms with Crippen LogP contribution in [0.1, 0.15) is 82.2 Å². The Hall–Kier alpha value is 0.284. The summed E-state index contributed by atoms with van der Waals surface area (Å²) in [4.78, 5) is 2.84. The maximum Gasteiger partial charge on any atom is 0.0450 e. The monoisotopic (exact) mass is 1130 g/mol. The molecule has 2 nitrogen and oxygen atoms in total. The van der Waals surface area contributed by atoms with E-state index in [2.05, 4.69) is 107 Å². The Morgan fingerprint density at radius 3 is 1.65 bits per heavy atom. The Bertz CT molecular complexity index is 1260. The number of benzene rings is 2. The first-order valence-electron chi connectivity index (χ1n) is 13.7. The third-order valence-corrected chi connectivity index (χ3v) is 12.1. The van der Waals surface area contributed by atoms with E-state index >= 15 is 0 Å². The average Bonchev–Trinajstić information content (AvgIpc) is 3.56. The number of aromatic nitrogens is 2. The number of unbranched alkanes of at least 4 members (excludes halogenated alkanes) is 2. The second-order valence-corrected chi connectivity index (χ2v) is 14.9. The van der Waals surface area contributed by atoms with Crippen LogP contribution in [0.15, 0.2) is 58.6 Å². The van der Waals surface area contributed by atoms with Crippen LogP contribution in [0.4, 0.5) is 0 Å². The molecule has 4 rings (SSSR count). The molecule has 225 valence electrons. The number of hydrogen-bond acceptors (Lipinski definition) is 2. The molecule has 0 N–H and O–H groups in total. The normalized spacial score (nSPS) is 9.70. The van der Waals surface area contributed by atoms with Crippen LogP contribution in [0.25, 0.3) is 11.4 Å². The second kappa shape index (κ2) is 24.5. The molecular formula is C35H49HeHf2HgN2S2-2. The number of aryl methyl sites for hydroxylation is 1. The zero-order chi connectivity index (χ0) is 27.7. The van der Waals surface area contributed by atoms with E-state index in [-0.39, 0.29) is 72.7 Å². The number of thioether (sulfide) groups is 2. The van der Waals surface area contributed by atoms with E-state index in [9.17, 15) is 0 Å². The molecule has 0 aliphatic rings. The minimum atomic E-state index is 0. The standard InChI is InChI=1S/C19H24NS.C14H17NS.2CH4.He.2Hf.Hg/c1-7-8-11-21-19-16(5)14(3)18(15(4)17(19)6)20-10-9-13(2)12-20;1-2-3-12-16-14-8-6-13(7-9-14)15-10-4-5-11-15;;;;;;/h7-8,11H2,1-6H3;4-11H,2-3,12H2,1H3;2*1H4;;;;/q-2;;;;;;;. The summed E-state index contributed by atoms with van der Waals surface area (Å²) in [5, 5.41) is 0. The van der Waals surface area contributed by atoms with Gasteiger partial charge in [0, 0.05) is 80.8 Å². The van der Waals surface area contributed by atoms with Crippen molar-refractivity contribution in [3.63, 3.8) is 0 Å². The van der Waals surface area contributed by atoms with E-state index in [1.54, 1.807) is 0 Å². The zero-order valence-corrected chi connectivity index (χ0v) is 40.3. The molecule has 0 atom stereocenters. The van der Waals surface area contributed by atoms with Crippen LogP contribution < -0.4 is 3.07 Å². The van der Waals surface area contributed by atoms with Gasteiger partial charge in [0.15, 0.2) is 0 Å². The van der Waals surface area contributed by atoms with Crippen LogP contribution in [-0.4, -0.2) is 20.6 Å². The Morgan fingerprint density at radius 2 is 1.21 bits per heavy atom. The van der Waals surface area contributed by atoms with Crippen molar-refractivity contribution < 1.29 is 84.0 Å². The van der Waals surface area contributed by atoms with Gasteiger partial charge in [0.25, 0.3) is 0 Å². The van der Waals surface area contributed by atoms with E-state index in [0.29, 0.717) is 26.1 Å². The van der Waals surface area contributed by atoms with E-state index in [1.165, 1.54) is 89.2 Å². The Labute approximate surface area is 326 Å². The SMILES string of the molecule is C.C.CCCCSc1c(C)c(C)c(-n2[c-]c(C)[c]([Hg])[c-]2)c(C)c1C.CCCCSc1ccc(-n2cccc2)cc1.[He].[Hf].[Hf]. The topological polar surface area (TPSA) is 9.86 Å². The fourth-order valence-corrected chi connectivity index (χ4v) is 7.57. The molecule has 0 aliphatic heterocycles. The number of hydrogen-bond donors (Lipinski definition) is 0. The smallest absolute Gasteiger partial charge is 0.0450 e. The van der Waals surface area contributed by atoms with Crippen LogP contribution in [0, 0.1) is 53.2 Å². The number of nitrogens with zero attached hydrogens (tertiary/aromatic N) is 2. The molecule has 2 aromatic carbocycles. The molecule has 0 aliphatic carbocycles. The summed E-state index contributed by atoms with van der Waals surface area (Å²) in [7, 11) is 0. The van der Waals surface area contributed by atoms with Gasteiger partial charge in [-0.15, -0.1) is 11.8 Å². The maximum atomic E-state index is 3.51. The van der Waals surface area contributed by atoms with Gasteiger partial charge in [-0.1, -0.05) is 28.2 Å². The van der Waals surface area contributed by atoms with Gasteiger partial charge >= 0.3 is 156 Å². The van der Waals surface area contributed by atoms with E-state index in [0.717, 1.165) is 0 Å². The molecule has 0 spiro atoms. The van der Waals surface area contributed by atoms with Crippen molar-refractivity contribution in [1.82, 2.24) is 9.13 Å². The number of rotatable bonds is 10. The molecule has 4 aromatic rings. The van der Waals surface area contributed by atoms with Gasteiger partial charge in [-0.25, -0.2) is 0 Å². The van der Waals surface area contributed by atoms with Gasteiger partial charge in [0.05, 0.1) is 0 Å². The minimum absolute atomic E-state index is 0. The molecule has 2 aromatic heterocycles. The third-order valence-electron chi connectivity index (χ3n) is 6.97. The van der Waals surface area contributed by atoms with Crippen molar-refractivity contribution in [1.29, 1.82) is 0 Å². The summed E-state index contributed by atoms with van der Waals surface area (Å²) in [6.07, 6.45) is 16.2. The minimum Gasteiger partial charge on any atom is -0.324 e. The van der Waals surface area contributed by atoms with Gasteiger partial charge in [-0.05, 0) is 48.6 Å². The summed E-state index contributed by atoms with van der Waals surface area (Å²) in [5.41, 5.74) is 9.37. The van der Waals surface area contributed by atoms with Gasteiger partial charge in [0.2, 0.25) is 0 Å². The average molecular weight is 1120 g/mol. The predicted molar refractivity (Wildman–Crippen MR) is 177 cm³/mol. The molecule has 0 radical (unpaired) electrons. The molecule has 43 heavy (non-hydrogen) atoms. The Balaban J connectivity index is -0.000000690. The molecule has 8 heteroatoms. The van der Waals surface area contributed by atoms with Gasteiger partial charge in [-0.3, -0.25) is 0 Å². The molecular weight excluding hydrogens is 1070 g/mol. The Kier molecular flexibility index (Phi) is 27.1. The first-order valence-corrected chi connectivity index (χ1v) is 18.5. The van der Waals surface area contributed by atoms with Crippen molar-refractivity contribution in [3.05, 3.63) is 89.0 Å². The van der Waals surface area contributed by atoms with Crippen molar-refractivity contribution in [2.75, 3.05) is 11.5 Å². The van der Waals surface area contributed by atoms with Crippen LogP contribution in [-0.2, 0) is 77.8 Å². The van der Waals surface area contributed by atoms with Crippen molar-refractivity contribution in [2.24, 2.45) is 0 Å². The van der Waals surface area contributed by atoms with E-state index in [1.807, 2.05) is 35.7 Å². The molecule has 0 fully saturated rings. The summed E-state index contributed by atoms with van der Waals surface area (Å²) in [5.74, 6) is 2.43. The fraction of sp³-hybridized carbons (Fsp3) is 0.429. The largest absolute Gasteiger partial charge is 0.324 e. The molecule has 0 bridgehead atoms. The second-order valence-electron chi connectivity index (χ2n) is 9.83. The van der Waals surface area contributed by atoms with E-state index in [4.69, 9.17) is 0 Å². The first-order chi connectivity index (χ1) is 18.3.